The van der Waals surface area contributed by atoms with Crippen LogP contribution in [0.25, 0.3) is 33.4 Å². The van der Waals surface area contributed by atoms with Crippen LogP contribution < -0.4 is 5.32 Å². The van der Waals surface area contributed by atoms with Gasteiger partial charge in [0.05, 0.1) is 35.6 Å². The van der Waals surface area contributed by atoms with E-state index in [-0.39, 0.29) is 24.6 Å². The summed E-state index contributed by atoms with van der Waals surface area (Å²) in [4.78, 5) is 34.1. The van der Waals surface area contributed by atoms with Gasteiger partial charge in [0.1, 0.15) is 18.1 Å². The zero-order valence-corrected chi connectivity index (χ0v) is 24.4. The van der Waals surface area contributed by atoms with Crippen LogP contribution in [0.15, 0.2) is 60.9 Å². The number of carbonyl (C=O) groups is 2. The molecule has 2 aliphatic rings. The molecule has 3 amide bonds. The van der Waals surface area contributed by atoms with E-state index in [1.54, 1.807) is 16.6 Å². The number of rotatable bonds is 5. The van der Waals surface area contributed by atoms with E-state index >= 15 is 0 Å². The zero-order valence-electron chi connectivity index (χ0n) is 24.4. The molecule has 2 aliphatic heterocycles. The molecule has 7 rings (SSSR count). The molecule has 1 N–H and O–H groups in total. The molecule has 220 valence electrons. The van der Waals surface area contributed by atoms with Crippen LogP contribution in [0.3, 0.4) is 0 Å². The molecule has 5 aromatic rings. The maximum absolute atomic E-state index is 12.7. The molecule has 0 aliphatic carbocycles. The second-order valence-electron chi connectivity index (χ2n) is 11.1. The molecule has 1 saturated heterocycles. The van der Waals surface area contributed by atoms with Crippen molar-refractivity contribution in [3.63, 3.8) is 0 Å². The third kappa shape index (κ3) is 4.78. The molecule has 43 heavy (non-hydrogen) atoms. The molecule has 2 aromatic carbocycles. The number of benzene rings is 2. The number of aromatic nitrogens is 6. The summed E-state index contributed by atoms with van der Waals surface area (Å²) in [6.07, 6.45) is 3.46. The van der Waals surface area contributed by atoms with Crippen LogP contribution in [0, 0.1) is 0 Å². The van der Waals surface area contributed by atoms with Gasteiger partial charge in [0.15, 0.2) is 0 Å². The van der Waals surface area contributed by atoms with Gasteiger partial charge in [0, 0.05) is 70.0 Å². The average Bonchev–Trinajstić information content (AvgIpc) is 3.70. The van der Waals surface area contributed by atoms with Crippen molar-refractivity contribution in [3.05, 3.63) is 78.0 Å². The first-order valence-corrected chi connectivity index (χ1v) is 14.4. The fourth-order valence-corrected chi connectivity index (χ4v) is 6.04. The van der Waals surface area contributed by atoms with Crippen molar-refractivity contribution in [1.82, 2.24) is 44.2 Å². The Morgan fingerprint density at radius 2 is 1.81 bits per heavy atom. The lowest BCUT2D eigenvalue weighted by Gasteiger charge is -2.38. The lowest BCUT2D eigenvalue weighted by molar-refractivity contribution is 0.0640. The fraction of sp³-hybridized carbons (Fsp3) is 0.323. The number of hydrogen-bond acceptors (Lipinski definition) is 6. The van der Waals surface area contributed by atoms with Crippen molar-refractivity contribution in [2.75, 3.05) is 26.7 Å². The highest BCUT2D eigenvalue weighted by atomic mass is 16.6. The van der Waals surface area contributed by atoms with Crippen molar-refractivity contribution in [2.45, 2.75) is 25.6 Å². The fourth-order valence-electron chi connectivity index (χ4n) is 6.04. The Kier molecular flexibility index (Phi) is 6.60. The van der Waals surface area contributed by atoms with E-state index in [0.29, 0.717) is 32.7 Å². The minimum absolute atomic E-state index is 0.0800. The third-order valence-electron chi connectivity index (χ3n) is 8.35. The van der Waals surface area contributed by atoms with Crippen LogP contribution in [0.2, 0.25) is 0 Å². The molecule has 0 unspecified atom stereocenters. The van der Waals surface area contributed by atoms with Crippen LogP contribution in [0.1, 0.15) is 23.0 Å². The van der Waals surface area contributed by atoms with Crippen molar-refractivity contribution in [3.8, 4) is 22.5 Å². The number of likely N-dealkylation sites (tertiary alicyclic amines) is 1. The second kappa shape index (κ2) is 10.6. The van der Waals surface area contributed by atoms with E-state index in [1.807, 2.05) is 66.4 Å². The molecule has 0 saturated carbocycles. The van der Waals surface area contributed by atoms with Crippen molar-refractivity contribution >= 4 is 23.0 Å². The van der Waals surface area contributed by atoms with E-state index < -0.39 is 0 Å². The molecule has 0 spiro atoms. The van der Waals surface area contributed by atoms with Gasteiger partial charge in [-0.25, -0.2) is 14.6 Å². The number of amides is 3. The number of urea groups is 1. The Labute approximate surface area is 248 Å². The first-order chi connectivity index (χ1) is 20.9. The quantitative estimate of drug-likeness (QED) is 0.339. The number of imidazole rings is 1. The SMILES string of the molecule is CNC(=O)N1CCn2c(C3CN(C(=O)OCc4ccccc4)C3)nc(-c3ccc4c(c3)c(-c3cnn(C)c3)nn4C)c2C1. The van der Waals surface area contributed by atoms with Crippen LogP contribution >= 0.6 is 0 Å². The number of fused-ring (bicyclic) bond motifs is 2. The molecule has 5 heterocycles. The van der Waals surface area contributed by atoms with Gasteiger partial charge in [0.2, 0.25) is 0 Å². The van der Waals surface area contributed by atoms with Crippen LogP contribution in [0.4, 0.5) is 9.59 Å². The highest BCUT2D eigenvalue weighted by molar-refractivity contribution is 5.96. The standard InChI is InChI=1S/C31H33N9O3/c1-32-30(41)38-11-12-40-26(18-38)28(21-9-10-25-24(13-21)27(35-37(25)3)22-14-33-36(2)15-22)34-29(40)23-16-39(17-23)31(42)43-19-20-7-5-4-6-8-20/h4-10,13-15,23H,11-12,16-19H2,1-3H3,(H,32,41). The van der Waals surface area contributed by atoms with Gasteiger partial charge in [-0.15, -0.1) is 0 Å². The molecular formula is C31H33N9O3. The van der Waals surface area contributed by atoms with Gasteiger partial charge in [0.25, 0.3) is 0 Å². The number of hydrogen-bond donors (Lipinski definition) is 1. The number of nitrogens with zero attached hydrogens (tertiary/aromatic N) is 8. The van der Waals surface area contributed by atoms with Gasteiger partial charge in [-0.1, -0.05) is 36.4 Å². The predicted molar refractivity (Wildman–Crippen MR) is 160 cm³/mol. The number of carbonyl (C=O) groups excluding carboxylic acids is 2. The summed E-state index contributed by atoms with van der Waals surface area (Å²) in [6.45, 7) is 2.98. The molecule has 12 nitrogen and oxygen atoms in total. The maximum Gasteiger partial charge on any atom is 0.410 e. The monoisotopic (exact) mass is 579 g/mol. The van der Waals surface area contributed by atoms with Crippen LogP contribution in [-0.4, -0.2) is 77.7 Å². The van der Waals surface area contributed by atoms with Crippen LogP contribution in [-0.2, 0) is 38.5 Å². The first kappa shape index (κ1) is 26.7. The minimum atomic E-state index is -0.318. The second-order valence-corrected chi connectivity index (χ2v) is 11.1. The largest absolute Gasteiger partial charge is 0.445 e. The predicted octanol–water partition coefficient (Wildman–Crippen LogP) is 3.73. The molecule has 0 bridgehead atoms. The normalized spacial score (nSPS) is 15.0. The Morgan fingerprint density at radius 3 is 2.56 bits per heavy atom. The van der Waals surface area contributed by atoms with Gasteiger partial charge in [-0.2, -0.15) is 10.2 Å². The minimum Gasteiger partial charge on any atom is -0.445 e. The van der Waals surface area contributed by atoms with Gasteiger partial charge < -0.3 is 24.4 Å². The van der Waals surface area contributed by atoms with Gasteiger partial charge >= 0.3 is 12.1 Å². The van der Waals surface area contributed by atoms with E-state index in [0.717, 1.165) is 50.5 Å². The first-order valence-electron chi connectivity index (χ1n) is 14.4. The van der Waals surface area contributed by atoms with E-state index in [2.05, 4.69) is 33.2 Å². The molecule has 0 atom stereocenters. The summed E-state index contributed by atoms with van der Waals surface area (Å²) in [5, 5.41) is 12.9. The van der Waals surface area contributed by atoms with E-state index in [9.17, 15) is 9.59 Å². The Balaban J connectivity index is 1.20. The third-order valence-corrected chi connectivity index (χ3v) is 8.35. The summed E-state index contributed by atoms with van der Waals surface area (Å²) in [7, 11) is 5.48. The maximum atomic E-state index is 12.7. The molecule has 1 fully saturated rings. The number of nitrogens with one attached hydrogen (secondary N) is 1. The smallest absolute Gasteiger partial charge is 0.410 e. The summed E-state index contributed by atoms with van der Waals surface area (Å²) in [5.41, 5.74) is 6.55. The van der Waals surface area contributed by atoms with Crippen LogP contribution in [0.5, 0.6) is 0 Å². The molecule has 12 heteroatoms. The summed E-state index contributed by atoms with van der Waals surface area (Å²) < 4.78 is 11.4. The lowest BCUT2D eigenvalue weighted by atomic mass is 10.00. The lowest BCUT2D eigenvalue weighted by Crippen LogP contribution is -2.50. The summed E-state index contributed by atoms with van der Waals surface area (Å²) >= 11 is 0. The molecular weight excluding hydrogens is 546 g/mol. The summed E-state index contributed by atoms with van der Waals surface area (Å²) in [5.74, 6) is 1.02. The highest BCUT2D eigenvalue weighted by Gasteiger charge is 2.38. The average molecular weight is 580 g/mol. The van der Waals surface area contributed by atoms with Gasteiger partial charge in [-0.3, -0.25) is 9.36 Å². The summed E-state index contributed by atoms with van der Waals surface area (Å²) in [6, 6.07) is 15.8. The van der Waals surface area contributed by atoms with E-state index in [4.69, 9.17) is 14.8 Å². The Morgan fingerprint density at radius 1 is 1.00 bits per heavy atom. The molecule has 0 radical (unpaired) electrons. The Bertz CT molecular complexity index is 1830. The highest BCUT2D eigenvalue weighted by Crippen LogP contribution is 2.37. The van der Waals surface area contributed by atoms with Crippen molar-refractivity contribution < 1.29 is 14.3 Å². The topological polar surface area (TPSA) is 115 Å². The van der Waals surface area contributed by atoms with E-state index in [1.165, 1.54) is 0 Å². The van der Waals surface area contributed by atoms with Gasteiger partial charge in [-0.05, 0) is 17.7 Å². The van der Waals surface area contributed by atoms with Crippen molar-refractivity contribution in [1.29, 1.82) is 0 Å². The molecule has 3 aromatic heterocycles. The number of ether oxygens (including phenoxy) is 1. The zero-order chi connectivity index (χ0) is 29.7. The Hall–Kier alpha value is -5.13. The van der Waals surface area contributed by atoms with Crippen molar-refractivity contribution in [2.24, 2.45) is 14.1 Å². The number of aryl methyl sites for hydroxylation is 2.